The molecular formula is C21H22F3NO2. The summed E-state index contributed by atoms with van der Waals surface area (Å²) in [6.45, 7) is 2.67. The number of hydrogen-bond donors (Lipinski definition) is 1. The fourth-order valence-electron chi connectivity index (χ4n) is 3.89. The zero-order chi connectivity index (χ0) is 19.6. The molecular weight excluding hydrogens is 355 g/mol. The zero-order valence-electron chi connectivity index (χ0n) is 15.0. The fraction of sp³-hybridized carbons (Fsp3) is 0.381. The second-order valence-electron chi connectivity index (χ2n) is 7.02. The summed E-state index contributed by atoms with van der Waals surface area (Å²) in [4.78, 5) is 13.4. The van der Waals surface area contributed by atoms with Crippen molar-refractivity contribution in [2.45, 2.75) is 32.0 Å². The van der Waals surface area contributed by atoms with E-state index in [1.807, 2.05) is 36.1 Å². The molecule has 2 atom stereocenters. The Morgan fingerprint density at radius 3 is 2.37 bits per heavy atom. The molecule has 144 valence electrons. The van der Waals surface area contributed by atoms with Gasteiger partial charge >= 0.3 is 12.1 Å². The van der Waals surface area contributed by atoms with Crippen molar-refractivity contribution in [2.75, 3.05) is 13.1 Å². The Hall–Kier alpha value is -2.34. The van der Waals surface area contributed by atoms with Crippen LogP contribution in [0.4, 0.5) is 13.2 Å². The summed E-state index contributed by atoms with van der Waals surface area (Å²) < 4.78 is 41.1. The number of piperidine rings is 1. The third-order valence-electron chi connectivity index (χ3n) is 5.21. The van der Waals surface area contributed by atoms with E-state index >= 15 is 0 Å². The van der Waals surface area contributed by atoms with Gasteiger partial charge in [0.2, 0.25) is 0 Å². The maximum atomic E-state index is 13.7. The summed E-state index contributed by atoms with van der Waals surface area (Å²) in [5, 5.41) is 9.41. The molecule has 2 aromatic rings. The van der Waals surface area contributed by atoms with Crippen LogP contribution in [0.15, 0.2) is 48.5 Å². The summed E-state index contributed by atoms with van der Waals surface area (Å²) in [7, 11) is 0. The van der Waals surface area contributed by atoms with E-state index in [1.165, 1.54) is 12.1 Å². The molecule has 27 heavy (non-hydrogen) atoms. The molecule has 1 N–H and O–H groups in total. The van der Waals surface area contributed by atoms with Gasteiger partial charge in [-0.05, 0) is 49.1 Å². The van der Waals surface area contributed by atoms with Crippen LogP contribution in [0.1, 0.15) is 41.1 Å². The van der Waals surface area contributed by atoms with E-state index in [2.05, 4.69) is 0 Å². The number of rotatable bonds is 4. The maximum absolute atomic E-state index is 13.7. The van der Waals surface area contributed by atoms with Gasteiger partial charge in [0.15, 0.2) is 0 Å². The molecule has 0 bridgehead atoms. The summed E-state index contributed by atoms with van der Waals surface area (Å²) >= 11 is 0. The molecule has 0 amide bonds. The van der Waals surface area contributed by atoms with Crippen LogP contribution < -0.4 is 0 Å². The highest BCUT2D eigenvalue weighted by Crippen LogP contribution is 2.41. The van der Waals surface area contributed by atoms with Gasteiger partial charge in [-0.3, -0.25) is 9.69 Å². The van der Waals surface area contributed by atoms with E-state index in [0.717, 1.165) is 17.2 Å². The van der Waals surface area contributed by atoms with Gasteiger partial charge in [-0.2, -0.15) is 13.2 Å². The molecule has 1 aliphatic rings. The predicted octanol–water partition coefficient (Wildman–Crippen LogP) is 4.90. The number of carboxylic acids is 1. The first-order chi connectivity index (χ1) is 12.8. The van der Waals surface area contributed by atoms with Crippen LogP contribution in [-0.4, -0.2) is 29.1 Å². The minimum absolute atomic E-state index is 0.172. The number of hydrogen-bond acceptors (Lipinski definition) is 2. The van der Waals surface area contributed by atoms with Crippen LogP contribution >= 0.6 is 0 Å². The lowest BCUT2D eigenvalue weighted by atomic mass is 9.87. The first-order valence-electron chi connectivity index (χ1n) is 8.97. The fourth-order valence-corrected chi connectivity index (χ4v) is 3.89. The molecule has 2 unspecified atom stereocenters. The highest BCUT2D eigenvalue weighted by atomic mass is 19.4. The van der Waals surface area contributed by atoms with Crippen molar-refractivity contribution in [3.8, 4) is 0 Å². The molecule has 6 heteroatoms. The predicted molar refractivity (Wildman–Crippen MR) is 96.4 cm³/mol. The Kier molecular flexibility index (Phi) is 5.56. The van der Waals surface area contributed by atoms with Crippen LogP contribution in [0.5, 0.6) is 0 Å². The van der Waals surface area contributed by atoms with Gasteiger partial charge in [0.25, 0.3) is 0 Å². The molecule has 3 nitrogen and oxygen atoms in total. The average Bonchev–Trinajstić information content (AvgIpc) is 2.63. The monoisotopic (exact) mass is 377 g/mol. The first-order valence-corrected chi connectivity index (χ1v) is 8.97. The number of aryl methyl sites for hydroxylation is 1. The highest BCUT2D eigenvalue weighted by molar-refractivity contribution is 5.70. The van der Waals surface area contributed by atoms with E-state index in [0.29, 0.717) is 19.4 Å². The number of nitrogens with zero attached hydrogens (tertiary/aromatic N) is 1. The van der Waals surface area contributed by atoms with Crippen molar-refractivity contribution < 1.29 is 23.1 Å². The molecule has 0 aromatic heterocycles. The molecule has 1 heterocycles. The van der Waals surface area contributed by atoms with Gasteiger partial charge in [-0.1, -0.05) is 42.5 Å². The SMILES string of the molecule is Cc1ccccc1C(c1ccccc1C(F)(F)F)N1CCCC(C(=O)O)C1. The number of alkyl halides is 3. The smallest absolute Gasteiger partial charge is 0.416 e. The Morgan fingerprint density at radius 1 is 1.11 bits per heavy atom. The Bertz CT molecular complexity index is 819. The Labute approximate surface area is 156 Å². The summed E-state index contributed by atoms with van der Waals surface area (Å²) in [6.07, 6.45) is -3.28. The van der Waals surface area contributed by atoms with Crippen LogP contribution in [0, 0.1) is 12.8 Å². The largest absolute Gasteiger partial charge is 0.481 e. The van der Waals surface area contributed by atoms with Gasteiger partial charge in [0, 0.05) is 6.54 Å². The summed E-state index contributed by atoms with van der Waals surface area (Å²) in [5.41, 5.74) is 1.17. The molecule has 0 saturated carbocycles. The van der Waals surface area contributed by atoms with Gasteiger partial charge < -0.3 is 5.11 Å². The Balaban J connectivity index is 2.13. The third-order valence-corrected chi connectivity index (χ3v) is 5.21. The number of likely N-dealkylation sites (tertiary alicyclic amines) is 1. The molecule has 2 aromatic carbocycles. The lowest BCUT2D eigenvalue weighted by Gasteiger charge is -2.39. The number of carbonyl (C=O) groups is 1. The van der Waals surface area contributed by atoms with Crippen molar-refractivity contribution in [3.63, 3.8) is 0 Å². The molecule has 1 saturated heterocycles. The van der Waals surface area contributed by atoms with E-state index in [-0.39, 0.29) is 12.1 Å². The van der Waals surface area contributed by atoms with Crippen molar-refractivity contribution in [2.24, 2.45) is 5.92 Å². The number of carboxylic acid groups (broad SMARTS) is 1. The van der Waals surface area contributed by atoms with Gasteiger partial charge in [-0.25, -0.2) is 0 Å². The minimum atomic E-state index is -4.47. The maximum Gasteiger partial charge on any atom is 0.416 e. The topological polar surface area (TPSA) is 40.5 Å². The van der Waals surface area contributed by atoms with E-state index in [9.17, 15) is 23.1 Å². The van der Waals surface area contributed by atoms with Crippen LogP contribution in [0.25, 0.3) is 0 Å². The molecule has 0 radical (unpaired) electrons. The quantitative estimate of drug-likeness (QED) is 0.824. The Morgan fingerprint density at radius 2 is 1.74 bits per heavy atom. The minimum Gasteiger partial charge on any atom is -0.481 e. The molecule has 0 spiro atoms. The molecule has 0 aliphatic carbocycles. The molecule has 1 fully saturated rings. The van der Waals surface area contributed by atoms with Crippen LogP contribution in [-0.2, 0) is 11.0 Å². The first kappa shape index (κ1) is 19.4. The lowest BCUT2D eigenvalue weighted by molar-refractivity contribution is -0.144. The zero-order valence-corrected chi connectivity index (χ0v) is 15.0. The summed E-state index contributed by atoms with van der Waals surface area (Å²) in [5.74, 6) is -1.46. The summed E-state index contributed by atoms with van der Waals surface area (Å²) in [6, 6.07) is 12.3. The highest BCUT2D eigenvalue weighted by Gasteiger charge is 2.38. The van der Waals surface area contributed by atoms with Gasteiger partial charge in [0.05, 0.1) is 17.5 Å². The van der Waals surface area contributed by atoms with Crippen LogP contribution in [0.3, 0.4) is 0 Å². The van der Waals surface area contributed by atoms with Crippen molar-refractivity contribution in [1.29, 1.82) is 0 Å². The second kappa shape index (κ2) is 7.72. The lowest BCUT2D eigenvalue weighted by Crippen LogP contribution is -2.42. The molecule has 3 rings (SSSR count). The van der Waals surface area contributed by atoms with Crippen LogP contribution in [0.2, 0.25) is 0 Å². The second-order valence-corrected chi connectivity index (χ2v) is 7.02. The molecule has 1 aliphatic heterocycles. The third kappa shape index (κ3) is 4.16. The average molecular weight is 377 g/mol. The van der Waals surface area contributed by atoms with E-state index in [4.69, 9.17) is 0 Å². The normalized spacial score (nSPS) is 19.6. The standard InChI is InChI=1S/C21H22F3NO2/c1-14-7-2-3-9-16(14)19(25-12-6-8-15(13-25)20(26)27)17-10-4-5-11-18(17)21(22,23)24/h2-5,7,9-11,15,19H,6,8,12-13H2,1H3,(H,26,27). The van der Waals surface area contributed by atoms with Crippen molar-refractivity contribution in [1.82, 2.24) is 4.90 Å². The number of halogens is 3. The van der Waals surface area contributed by atoms with Crippen molar-refractivity contribution >= 4 is 5.97 Å². The number of benzene rings is 2. The van der Waals surface area contributed by atoms with Crippen molar-refractivity contribution in [3.05, 3.63) is 70.8 Å². The van der Waals surface area contributed by atoms with Gasteiger partial charge in [-0.15, -0.1) is 0 Å². The number of aliphatic carboxylic acids is 1. The van der Waals surface area contributed by atoms with E-state index in [1.54, 1.807) is 6.07 Å². The van der Waals surface area contributed by atoms with E-state index < -0.39 is 29.7 Å². The van der Waals surface area contributed by atoms with Gasteiger partial charge in [0.1, 0.15) is 0 Å².